The molecule has 7 heteroatoms. The lowest BCUT2D eigenvalue weighted by Crippen LogP contribution is -2.49. The van der Waals surface area contributed by atoms with E-state index in [9.17, 15) is 0 Å². The normalized spacial score (nSPS) is 19.0. The molecule has 0 amide bonds. The Hall–Kier alpha value is 0.320. The number of nitrogens with zero attached hydrogens (tertiary/aromatic N) is 2. The summed E-state index contributed by atoms with van der Waals surface area (Å²) in [6.07, 6.45) is 1.02. The van der Waals surface area contributed by atoms with E-state index in [1.807, 2.05) is 17.8 Å². The first kappa shape index (κ1) is 19.6. The van der Waals surface area contributed by atoms with Crippen LogP contribution in [-0.2, 0) is 0 Å². The van der Waals surface area contributed by atoms with Crippen LogP contribution in [0.3, 0.4) is 0 Å². The van der Waals surface area contributed by atoms with E-state index in [0.717, 1.165) is 44.9 Å². The SMILES string of the molecule is N[C@H](CCN1CCN(CC(Cl)(Cl)Cl)CC1)CSc1ccccc1. The van der Waals surface area contributed by atoms with Crippen LogP contribution in [0, 0.1) is 0 Å². The highest BCUT2D eigenvalue weighted by molar-refractivity contribution is 7.99. The van der Waals surface area contributed by atoms with E-state index in [4.69, 9.17) is 40.5 Å². The molecule has 2 rings (SSSR count). The standard InChI is InChI=1S/C16H24Cl3N3S/c17-16(18,19)13-22-10-8-21(9-11-22)7-6-14(20)12-23-15-4-2-1-3-5-15/h1-5,14H,6-13,20H2/t14-/m1/s1. The lowest BCUT2D eigenvalue weighted by Gasteiger charge is -2.36. The van der Waals surface area contributed by atoms with Crippen LogP contribution in [0.25, 0.3) is 0 Å². The van der Waals surface area contributed by atoms with Gasteiger partial charge in [-0.3, -0.25) is 4.90 Å². The van der Waals surface area contributed by atoms with Gasteiger partial charge in [-0.25, -0.2) is 0 Å². The molecule has 0 bridgehead atoms. The smallest absolute Gasteiger partial charge is 0.203 e. The number of thioether (sulfide) groups is 1. The minimum atomic E-state index is -1.18. The van der Waals surface area contributed by atoms with Gasteiger partial charge in [0.15, 0.2) is 0 Å². The summed E-state index contributed by atoms with van der Waals surface area (Å²) in [4.78, 5) is 5.93. The fraction of sp³-hybridized carbons (Fsp3) is 0.625. The first-order valence-corrected chi connectivity index (χ1v) is 9.99. The molecular formula is C16H24Cl3N3S. The van der Waals surface area contributed by atoms with Crippen LogP contribution in [-0.4, -0.2) is 64.7 Å². The van der Waals surface area contributed by atoms with Crippen LogP contribution in [0.5, 0.6) is 0 Å². The molecule has 1 fully saturated rings. The van der Waals surface area contributed by atoms with Gasteiger partial charge >= 0.3 is 0 Å². The van der Waals surface area contributed by atoms with Crippen molar-refractivity contribution in [2.45, 2.75) is 21.2 Å². The molecule has 0 aliphatic carbocycles. The third-order valence-electron chi connectivity index (χ3n) is 3.89. The average molecular weight is 397 g/mol. The van der Waals surface area contributed by atoms with E-state index in [0.29, 0.717) is 6.54 Å². The van der Waals surface area contributed by atoms with E-state index in [1.54, 1.807) is 0 Å². The Labute approximate surface area is 158 Å². The Morgan fingerprint density at radius 1 is 1.04 bits per heavy atom. The average Bonchev–Trinajstić information content (AvgIpc) is 2.52. The maximum Gasteiger partial charge on any atom is 0.203 e. The van der Waals surface area contributed by atoms with Crippen molar-refractivity contribution in [2.75, 3.05) is 45.0 Å². The zero-order valence-corrected chi connectivity index (χ0v) is 16.2. The highest BCUT2D eigenvalue weighted by Gasteiger charge is 2.26. The van der Waals surface area contributed by atoms with Gasteiger partial charge in [0, 0.05) is 49.4 Å². The summed E-state index contributed by atoms with van der Waals surface area (Å²) in [6.45, 7) is 5.46. The van der Waals surface area contributed by atoms with Gasteiger partial charge in [-0.1, -0.05) is 53.0 Å². The highest BCUT2D eigenvalue weighted by Crippen LogP contribution is 2.27. The van der Waals surface area contributed by atoms with Crippen LogP contribution in [0.4, 0.5) is 0 Å². The summed E-state index contributed by atoms with van der Waals surface area (Å²) < 4.78 is -1.18. The molecule has 1 atom stereocenters. The molecule has 1 aromatic rings. The molecule has 1 aromatic carbocycles. The lowest BCUT2D eigenvalue weighted by molar-refractivity contribution is 0.132. The summed E-state index contributed by atoms with van der Waals surface area (Å²) in [5.74, 6) is 0.956. The second kappa shape index (κ2) is 9.71. The zero-order chi connectivity index (χ0) is 16.7. The van der Waals surface area contributed by atoms with Gasteiger partial charge in [-0.15, -0.1) is 11.8 Å². The number of benzene rings is 1. The minimum Gasteiger partial charge on any atom is -0.327 e. The molecule has 2 N–H and O–H groups in total. The monoisotopic (exact) mass is 395 g/mol. The third kappa shape index (κ3) is 8.30. The maximum atomic E-state index is 6.24. The molecule has 0 unspecified atom stereocenters. The zero-order valence-electron chi connectivity index (χ0n) is 13.1. The number of hydrogen-bond donors (Lipinski definition) is 1. The number of rotatable bonds is 7. The summed E-state index contributed by atoms with van der Waals surface area (Å²) in [7, 11) is 0. The summed E-state index contributed by atoms with van der Waals surface area (Å²) in [5, 5.41) is 0. The number of nitrogens with two attached hydrogens (primary N) is 1. The van der Waals surface area contributed by atoms with E-state index in [-0.39, 0.29) is 6.04 Å². The van der Waals surface area contributed by atoms with Gasteiger partial charge in [0.05, 0.1) is 0 Å². The molecule has 0 saturated carbocycles. The number of piperazine rings is 1. The molecule has 0 radical (unpaired) electrons. The van der Waals surface area contributed by atoms with Gasteiger partial charge in [0.2, 0.25) is 3.79 Å². The van der Waals surface area contributed by atoms with Crippen molar-refractivity contribution in [1.82, 2.24) is 9.80 Å². The lowest BCUT2D eigenvalue weighted by atomic mass is 10.2. The first-order valence-electron chi connectivity index (χ1n) is 7.87. The van der Waals surface area contributed by atoms with Crippen LogP contribution < -0.4 is 5.73 Å². The van der Waals surface area contributed by atoms with E-state index >= 15 is 0 Å². The molecule has 1 aliphatic heterocycles. The predicted molar refractivity (Wildman–Crippen MR) is 103 cm³/mol. The number of halogens is 3. The largest absolute Gasteiger partial charge is 0.327 e. The summed E-state index contributed by atoms with van der Waals surface area (Å²) in [6, 6.07) is 10.6. The van der Waals surface area contributed by atoms with Gasteiger partial charge in [-0.2, -0.15) is 0 Å². The summed E-state index contributed by atoms with van der Waals surface area (Å²) in [5.41, 5.74) is 6.24. The van der Waals surface area contributed by atoms with E-state index in [2.05, 4.69) is 34.1 Å². The van der Waals surface area contributed by atoms with Gasteiger partial charge in [0.1, 0.15) is 0 Å². The number of hydrogen-bond acceptors (Lipinski definition) is 4. The second-order valence-electron chi connectivity index (χ2n) is 5.91. The van der Waals surface area contributed by atoms with Crippen molar-refractivity contribution in [3.8, 4) is 0 Å². The fourth-order valence-corrected chi connectivity index (χ4v) is 4.01. The Kier molecular flexibility index (Phi) is 8.29. The van der Waals surface area contributed by atoms with Gasteiger partial charge in [-0.05, 0) is 25.1 Å². The van der Waals surface area contributed by atoms with Crippen LogP contribution in [0.2, 0.25) is 0 Å². The third-order valence-corrected chi connectivity index (χ3v) is 5.45. The Bertz CT molecular complexity index is 448. The van der Waals surface area contributed by atoms with Crippen molar-refractivity contribution in [3.05, 3.63) is 30.3 Å². The Morgan fingerprint density at radius 3 is 2.26 bits per heavy atom. The van der Waals surface area contributed by atoms with E-state index in [1.165, 1.54) is 4.90 Å². The first-order chi connectivity index (χ1) is 10.9. The van der Waals surface area contributed by atoms with Gasteiger partial charge in [0.25, 0.3) is 0 Å². The van der Waals surface area contributed by atoms with Crippen molar-refractivity contribution >= 4 is 46.6 Å². The second-order valence-corrected chi connectivity index (χ2v) is 9.52. The highest BCUT2D eigenvalue weighted by atomic mass is 35.6. The van der Waals surface area contributed by atoms with E-state index < -0.39 is 3.79 Å². The van der Waals surface area contributed by atoms with Gasteiger partial charge < -0.3 is 10.6 Å². The van der Waals surface area contributed by atoms with Crippen molar-refractivity contribution in [3.63, 3.8) is 0 Å². The van der Waals surface area contributed by atoms with Crippen molar-refractivity contribution in [2.24, 2.45) is 5.73 Å². The molecule has 23 heavy (non-hydrogen) atoms. The molecule has 130 valence electrons. The van der Waals surface area contributed by atoms with Crippen LogP contribution in [0.1, 0.15) is 6.42 Å². The molecule has 1 heterocycles. The van der Waals surface area contributed by atoms with Crippen molar-refractivity contribution in [1.29, 1.82) is 0 Å². The molecule has 1 saturated heterocycles. The fourth-order valence-electron chi connectivity index (χ4n) is 2.58. The minimum absolute atomic E-state index is 0.222. The molecule has 0 aromatic heterocycles. The Morgan fingerprint density at radius 2 is 1.65 bits per heavy atom. The predicted octanol–water partition coefficient (Wildman–Crippen LogP) is 3.48. The van der Waals surface area contributed by atoms with Crippen LogP contribution in [0.15, 0.2) is 35.2 Å². The maximum absolute atomic E-state index is 6.24. The molecular weight excluding hydrogens is 373 g/mol. The quantitative estimate of drug-likeness (QED) is 0.565. The molecule has 1 aliphatic rings. The van der Waals surface area contributed by atoms with Crippen LogP contribution >= 0.6 is 46.6 Å². The topological polar surface area (TPSA) is 32.5 Å². The van der Waals surface area contributed by atoms with Crippen molar-refractivity contribution < 1.29 is 0 Å². The molecule has 0 spiro atoms. The molecule has 3 nitrogen and oxygen atoms in total. The number of alkyl halides is 3. The summed E-state index contributed by atoms with van der Waals surface area (Å²) >= 11 is 19.4. The Balaban J connectivity index is 1.59.